The molecule has 0 spiro atoms. The van der Waals surface area contributed by atoms with E-state index in [2.05, 4.69) is 0 Å². The first-order valence-electron chi connectivity index (χ1n) is 7.62. The van der Waals surface area contributed by atoms with Gasteiger partial charge in [0.15, 0.2) is 0 Å². The number of phenols is 2. The van der Waals surface area contributed by atoms with Crippen LogP contribution in [0.15, 0.2) is 54.6 Å². The summed E-state index contributed by atoms with van der Waals surface area (Å²) in [5.74, 6) is -0.577. The van der Waals surface area contributed by atoms with Gasteiger partial charge in [-0.2, -0.15) is 0 Å². The van der Waals surface area contributed by atoms with Crippen LogP contribution < -0.4 is 0 Å². The van der Waals surface area contributed by atoms with Crippen LogP contribution in [0.1, 0.15) is 29.5 Å². The summed E-state index contributed by atoms with van der Waals surface area (Å²) in [6.45, 7) is 1.92. The Balaban J connectivity index is 2.13. The zero-order valence-corrected chi connectivity index (χ0v) is 12.9. The van der Waals surface area contributed by atoms with Crippen molar-refractivity contribution >= 4 is 17.1 Å². The first kappa shape index (κ1) is 15.1. The maximum Gasteiger partial charge on any atom is 0.131 e. The van der Waals surface area contributed by atoms with Crippen LogP contribution in [-0.4, -0.2) is 16.5 Å². The molecule has 0 aromatic heterocycles. The lowest BCUT2D eigenvalue weighted by Crippen LogP contribution is -2.04. The maximum absolute atomic E-state index is 11.7. The van der Waals surface area contributed by atoms with E-state index in [0.717, 1.165) is 22.6 Å². The van der Waals surface area contributed by atoms with Crippen molar-refractivity contribution in [3.63, 3.8) is 0 Å². The number of aryl methyl sites for hydroxylation is 1. The van der Waals surface area contributed by atoms with E-state index in [1.807, 2.05) is 49.4 Å². The molecule has 0 bridgehead atoms. The zero-order valence-electron chi connectivity index (χ0n) is 12.9. The highest BCUT2D eigenvalue weighted by Gasteiger charge is 2.19. The molecule has 23 heavy (non-hydrogen) atoms. The first-order chi connectivity index (χ1) is 11.1. The van der Waals surface area contributed by atoms with E-state index in [1.54, 1.807) is 6.07 Å². The Hall–Kier alpha value is -2.81. The van der Waals surface area contributed by atoms with Gasteiger partial charge in [0.25, 0.3) is 0 Å². The van der Waals surface area contributed by atoms with Crippen LogP contribution in [0, 0.1) is 0 Å². The number of hydrogen-bond donors (Lipinski definition) is 2. The molecule has 3 nitrogen and oxygen atoms in total. The van der Waals surface area contributed by atoms with Crippen molar-refractivity contribution < 1.29 is 15.0 Å². The van der Waals surface area contributed by atoms with Gasteiger partial charge < -0.3 is 15.0 Å². The monoisotopic (exact) mass is 306 g/mol. The highest BCUT2D eigenvalue weighted by atomic mass is 16.3. The van der Waals surface area contributed by atoms with E-state index >= 15 is 0 Å². The summed E-state index contributed by atoms with van der Waals surface area (Å²) in [6.07, 6.45) is 1.46. The van der Waals surface area contributed by atoms with Gasteiger partial charge in [0, 0.05) is 11.6 Å². The molecular formula is C20H18O3. The second-order valence-corrected chi connectivity index (χ2v) is 5.61. The molecule has 0 heterocycles. The molecular weight excluding hydrogens is 288 g/mol. The van der Waals surface area contributed by atoms with Crippen LogP contribution >= 0.6 is 0 Å². The number of carbonyl (C=O) groups excluding carboxylic acids is 1. The van der Waals surface area contributed by atoms with E-state index < -0.39 is 5.92 Å². The molecule has 0 saturated heterocycles. The Bertz CT molecular complexity index is 868. The van der Waals surface area contributed by atoms with E-state index in [0.29, 0.717) is 17.5 Å². The molecule has 3 aromatic rings. The van der Waals surface area contributed by atoms with Gasteiger partial charge >= 0.3 is 0 Å². The number of phenolic OH excluding ortho intramolecular Hbond substituents is 2. The van der Waals surface area contributed by atoms with Crippen molar-refractivity contribution in [2.24, 2.45) is 0 Å². The molecule has 0 saturated carbocycles. The fraction of sp³-hybridized carbons (Fsp3) is 0.150. The van der Waals surface area contributed by atoms with Gasteiger partial charge in [0.1, 0.15) is 17.8 Å². The summed E-state index contributed by atoms with van der Waals surface area (Å²) >= 11 is 0. The van der Waals surface area contributed by atoms with Crippen LogP contribution in [0.4, 0.5) is 0 Å². The maximum atomic E-state index is 11.7. The molecule has 0 fully saturated rings. The molecule has 0 aliphatic heterocycles. The van der Waals surface area contributed by atoms with Gasteiger partial charge in [-0.25, -0.2) is 0 Å². The lowest BCUT2D eigenvalue weighted by molar-refractivity contribution is -0.108. The zero-order chi connectivity index (χ0) is 16.4. The topological polar surface area (TPSA) is 57.5 Å². The minimum atomic E-state index is -0.564. The van der Waals surface area contributed by atoms with Crippen molar-refractivity contribution in [3.8, 4) is 11.5 Å². The minimum absolute atomic E-state index is 0.0527. The lowest BCUT2D eigenvalue weighted by Gasteiger charge is -2.16. The SMILES string of the molecule is CCc1cc(C(C=O)c2ccc3ccccc3c2)c(O)cc1O. The minimum Gasteiger partial charge on any atom is -0.508 e. The molecule has 0 radical (unpaired) electrons. The second kappa shape index (κ2) is 6.13. The van der Waals surface area contributed by atoms with Gasteiger partial charge in [-0.15, -0.1) is 0 Å². The van der Waals surface area contributed by atoms with E-state index in [9.17, 15) is 15.0 Å². The Morgan fingerprint density at radius 3 is 2.39 bits per heavy atom. The van der Waals surface area contributed by atoms with Crippen LogP contribution in [0.25, 0.3) is 10.8 Å². The van der Waals surface area contributed by atoms with Gasteiger partial charge in [-0.05, 0) is 34.4 Å². The average Bonchev–Trinajstić information content (AvgIpc) is 2.57. The lowest BCUT2D eigenvalue weighted by atomic mass is 9.89. The summed E-state index contributed by atoms with van der Waals surface area (Å²) in [6, 6.07) is 16.8. The molecule has 3 rings (SSSR count). The number of aromatic hydroxyl groups is 2. The summed E-state index contributed by atoms with van der Waals surface area (Å²) in [4.78, 5) is 11.7. The third-order valence-corrected chi connectivity index (χ3v) is 4.21. The number of hydrogen-bond acceptors (Lipinski definition) is 3. The quantitative estimate of drug-likeness (QED) is 0.712. The highest BCUT2D eigenvalue weighted by molar-refractivity contribution is 5.84. The Kier molecular flexibility index (Phi) is 4.02. The van der Waals surface area contributed by atoms with E-state index in [4.69, 9.17) is 0 Å². The van der Waals surface area contributed by atoms with Crippen LogP contribution in [0.5, 0.6) is 11.5 Å². The van der Waals surface area contributed by atoms with Crippen molar-refractivity contribution in [1.29, 1.82) is 0 Å². The smallest absolute Gasteiger partial charge is 0.131 e. The number of rotatable bonds is 4. The molecule has 3 heteroatoms. The van der Waals surface area contributed by atoms with Crippen LogP contribution in [0.2, 0.25) is 0 Å². The van der Waals surface area contributed by atoms with Gasteiger partial charge in [0.2, 0.25) is 0 Å². The fourth-order valence-corrected chi connectivity index (χ4v) is 2.91. The Labute approximate surface area is 134 Å². The van der Waals surface area contributed by atoms with Crippen molar-refractivity contribution in [2.75, 3.05) is 0 Å². The number of carbonyl (C=O) groups is 1. The van der Waals surface area contributed by atoms with Gasteiger partial charge in [-0.3, -0.25) is 0 Å². The summed E-state index contributed by atoms with van der Waals surface area (Å²) in [5.41, 5.74) is 2.05. The van der Waals surface area contributed by atoms with Crippen molar-refractivity contribution in [3.05, 3.63) is 71.3 Å². The molecule has 0 amide bonds. The summed E-state index contributed by atoms with van der Waals surface area (Å²) in [5, 5.41) is 22.2. The second-order valence-electron chi connectivity index (χ2n) is 5.61. The highest BCUT2D eigenvalue weighted by Crippen LogP contribution is 2.35. The van der Waals surface area contributed by atoms with Gasteiger partial charge in [-0.1, -0.05) is 49.4 Å². The molecule has 1 unspecified atom stereocenters. The third-order valence-electron chi connectivity index (χ3n) is 4.21. The Morgan fingerprint density at radius 2 is 1.70 bits per heavy atom. The van der Waals surface area contributed by atoms with E-state index in [-0.39, 0.29) is 11.5 Å². The normalized spacial score (nSPS) is 12.2. The molecule has 116 valence electrons. The summed E-state index contributed by atoms with van der Waals surface area (Å²) in [7, 11) is 0. The molecule has 3 aromatic carbocycles. The standard InChI is InChI=1S/C20H18O3/c1-2-13-10-17(20(23)11-19(13)22)18(12-21)16-8-7-14-5-3-4-6-15(14)9-16/h3-12,18,22-23H,2H2,1H3. The fourth-order valence-electron chi connectivity index (χ4n) is 2.91. The van der Waals surface area contributed by atoms with Crippen LogP contribution in [-0.2, 0) is 11.2 Å². The number of benzene rings is 3. The average molecular weight is 306 g/mol. The number of aldehydes is 1. The molecule has 0 aliphatic rings. The van der Waals surface area contributed by atoms with Crippen molar-refractivity contribution in [2.45, 2.75) is 19.3 Å². The first-order valence-corrected chi connectivity index (χ1v) is 7.62. The van der Waals surface area contributed by atoms with E-state index in [1.165, 1.54) is 6.07 Å². The largest absolute Gasteiger partial charge is 0.508 e. The number of fused-ring (bicyclic) bond motifs is 1. The summed E-state index contributed by atoms with van der Waals surface area (Å²) < 4.78 is 0. The molecule has 1 atom stereocenters. The predicted octanol–water partition coefficient (Wildman–Crippen LogP) is 4.14. The van der Waals surface area contributed by atoms with Crippen molar-refractivity contribution in [1.82, 2.24) is 0 Å². The van der Waals surface area contributed by atoms with Gasteiger partial charge in [0.05, 0.1) is 5.92 Å². The molecule has 0 aliphatic carbocycles. The third kappa shape index (κ3) is 2.78. The van der Waals surface area contributed by atoms with Crippen LogP contribution in [0.3, 0.4) is 0 Å². The Morgan fingerprint density at radius 1 is 0.957 bits per heavy atom. The molecule has 2 N–H and O–H groups in total. The predicted molar refractivity (Wildman–Crippen MR) is 91.0 cm³/mol.